The lowest BCUT2D eigenvalue weighted by Gasteiger charge is -2.12. The fraction of sp³-hybridized carbons (Fsp3) is 0.500. The van der Waals surface area contributed by atoms with E-state index in [2.05, 4.69) is 13.8 Å². The van der Waals surface area contributed by atoms with Gasteiger partial charge in [0.15, 0.2) is 0 Å². The number of rotatable bonds is 7. The molecule has 0 unspecified atom stereocenters. The molecule has 3 N–H and O–H groups in total. The van der Waals surface area contributed by atoms with Gasteiger partial charge in [0.1, 0.15) is 17.3 Å². The summed E-state index contributed by atoms with van der Waals surface area (Å²) in [6.45, 7) is 5.00. The van der Waals surface area contributed by atoms with Crippen molar-refractivity contribution in [3.8, 4) is 11.5 Å². The van der Waals surface area contributed by atoms with Gasteiger partial charge in [0, 0.05) is 6.07 Å². The standard InChI is InChI=1S/C14H22N2O2/c1-10(2)5-4-8-18-13-9-11(17-3)6-7-12(13)14(15)16/h6-7,9-10H,4-5,8H2,1-3H3,(H3,15,16). The summed E-state index contributed by atoms with van der Waals surface area (Å²) in [5.74, 6) is 2.01. The Bertz CT molecular complexity index is 403. The lowest BCUT2D eigenvalue weighted by atomic mass is 10.1. The van der Waals surface area contributed by atoms with E-state index in [4.69, 9.17) is 20.6 Å². The number of benzene rings is 1. The first-order chi connectivity index (χ1) is 8.54. The number of nitrogens with two attached hydrogens (primary N) is 1. The maximum Gasteiger partial charge on any atom is 0.133 e. The first-order valence-electron chi connectivity index (χ1n) is 6.19. The van der Waals surface area contributed by atoms with Gasteiger partial charge in [-0.15, -0.1) is 0 Å². The lowest BCUT2D eigenvalue weighted by Crippen LogP contribution is -2.13. The summed E-state index contributed by atoms with van der Waals surface area (Å²) in [5.41, 5.74) is 6.13. The Morgan fingerprint density at radius 2 is 2.11 bits per heavy atom. The van der Waals surface area contributed by atoms with Gasteiger partial charge in [-0.1, -0.05) is 13.8 Å². The van der Waals surface area contributed by atoms with Gasteiger partial charge >= 0.3 is 0 Å². The van der Waals surface area contributed by atoms with Crippen molar-refractivity contribution < 1.29 is 9.47 Å². The van der Waals surface area contributed by atoms with Crippen molar-refractivity contribution in [2.24, 2.45) is 11.7 Å². The Morgan fingerprint density at radius 1 is 1.39 bits per heavy atom. The molecule has 0 bridgehead atoms. The zero-order chi connectivity index (χ0) is 13.5. The van der Waals surface area contributed by atoms with Gasteiger partial charge < -0.3 is 15.2 Å². The number of methoxy groups -OCH3 is 1. The highest BCUT2D eigenvalue weighted by atomic mass is 16.5. The van der Waals surface area contributed by atoms with Gasteiger partial charge in [-0.05, 0) is 30.9 Å². The zero-order valence-corrected chi connectivity index (χ0v) is 11.3. The third-order valence-corrected chi connectivity index (χ3v) is 2.66. The van der Waals surface area contributed by atoms with Crippen molar-refractivity contribution in [3.05, 3.63) is 23.8 Å². The zero-order valence-electron chi connectivity index (χ0n) is 11.3. The van der Waals surface area contributed by atoms with Crippen LogP contribution in [0.15, 0.2) is 18.2 Å². The van der Waals surface area contributed by atoms with Crippen LogP contribution in [-0.4, -0.2) is 19.6 Å². The summed E-state index contributed by atoms with van der Waals surface area (Å²) in [5, 5.41) is 7.51. The fourth-order valence-electron chi connectivity index (χ4n) is 1.65. The lowest BCUT2D eigenvalue weighted by molar-refractivity contribution is 0.295. The average molecular weight is 250 g/mol. The minimum Gasteiger partial charge on any atom is -0.497 e. The van der Waals surface area contributed by atoms with Gasteiger partial charge in [-0.2, -0.15) is 0 Å². The van der Waals surface area contributed by atoms with Gasteiger partial charge in [0.05, 0.1) is 19.3 Å². The summed E-state index contributed by atoms with van der Waals surface area (Å²) in [6.07, 6.45) is 2.12. The molecule has 0 radical (unpaired) electrons. The topological polar surface area (TPSA) is 68.3 Å². The van der Waals surface area contributed by atoms with Crippen molar-refractivity contribution in [3.63, 3.8) is 0 Å². The van der Waals surface area contributed by atoms with Crippen molar-refractivity contribution in [1.82, 2.24) is 0 Å². The molecule has 0 aliphatic heterocycles. The number of hydrogen-bond donors (Lipinski definition) is 2. The van der Waals surface area contributed by atoms with Gasteiger partial charge in [-0.3, -0.25) is 5.41 Å². The van der Waals surface area contributed by atoms with Crippen LogP contribution in [-0.2, 0) is 0 Å². The van der Waals surface area contributed by atoms with E-state index < -0.39 is 0 Å². The summed E-state index contributed by atoms with van der Waals surface area (Å²) < 4.78 is 10.8. The summed E-state index contributed by atoms with van der Waals surface area (Å²) in [7, 11) is 1.60. The molecular weight excluding hydrogens is 228 g/mol. The molecule has 1 aromatic rings. The molecule has 0 saturated heterocycles. The highest BCUT2D eigenvalue weighted by Gasteiger charge is 2.08. The van der Waals surface area contributed by atoms with Crippen LogP contribution in [0, 0.1) is 11.3 Å². The molecule has 0 aliphatic rings. The molecule has 0 heterocycles. The predicted molar refractivity (Wildman–Crippen MR) is 73.6 cm³/mol. The van der Waals surface area contributed by atoms with Crippen LogP contribution in [0.3, 0.4) is 0 Å². The van der Waals surface area contributed by atoms with Crippen LogP contribution >= 0.6 is 0 Å². The highest BCUT2D eigenvalue weighted by molar-refractivity contribution is 5.97. The monoisotopic (exact) mass is 250 g/mol. The Balaban J connectivity index is 2.69. The number of nitrogen functional groups attached to an aromatic ring is 1. The van der Waals surface area contributed by atoms with Crippen molar-refractivity contribution in [2.75, 3.05) is 13.7 Å². The van der Waals surface area contributed by atoms with Crippen molar-refractivity contribution in [2.45, 2.75) is 26.7 Å². The molecule has 0 saturated carbocycles. The molecule has 4 nitrogen and oxygen atoms in total. The summed E-state index contributed by atoms with van der Waals surface area (Å²) >= 11 is 0. The maximum absolute atomic E-state index is 7.51. The Hall–Kier alpha value is -1.71. The molecule has 100 valence electrons. The average Bonchev–Trinajstić information content (AvgIpc) is 2.33. The van der Waals surface area contributed by atoms with E-state index in [0.29, 0.717) is 29.6 Å². The van der Waals surface area contributed by atoms with Crippen LogP contribution in [0.4, 0.5) is 0 Å². The predicted octanol–water partition coefficient (Wildman–Crippen LogP) is 2.79. The minimum absolute atomic E-state index is 0.0107. The second kappa shape index (κ2) is 6.89. The normalized spacial score (nSPS) is 10.4. The molecule has 0 amide bonds. The van der Waals surface area contributed by atoms with E-state index in [0.717, 1.165) is 12.8 Å². The molecule has 0 aromatic heterocycles. The molecule has 0 atom stereocenters. The molecule has 0 fully saturated rings. The fourth-order valence-corrected chi connectivity index (χ4v) is 1.65. The number of ether oxygens (including phenoxy) is 2. The molecule has 0 aliphatic carbocycles. The van der Waals surface area contributed by atoms with Crippen molar-refractivity contribution in [1.29, 1.82) is 5.41 Å². The third-order valence-electron chi connectivity index (χ3n) is 2.66. The van der Waals surface area contributed by atoms with Crippen LogP contribution in [0.1, 0.15) is 32.3 Å². The molecule has 1 rings (SSSR count). The second-order valence-electron chi connectivity index (χ2n) is 4.66. The molecule has 0 spiro atoms. The smallest absolute Gasteiger partial charge is 0.133 e. The largest absolute Gasteiger partial charge is 0.497 e. The SMILES string of the molecule is COc1ccc(C(=N)N)c(OCCCC(C)C)c1. The second-order valence-corrected chi connectivity index (χ2v) is 4.66. The van der Waals surface area contributed by atoms with E-state index in [1.54, 1.807) is 25.3 Å². The van der Waals surface area contributed by atoms with Crippen molar-refractivity contribution >= 4 is 5.84 Å². The number of hydrogen-bond acceptors (Lipinski definition) is 3. The Labute approximate surface area is 109 Å². The van der Waals surface area contributed by atoms with Gasteiger partial charge in [0.2, 0.25) is 0 Å². The van der Waals surface area contributed by atoms with E-state index in [9.17, 15) is 0 Å². The van der Waals surface area contributed by atoms with Gasteiger partial charge in [0.25, 0.3) is 0 Å². The quantitative estimate of drug-likeness (QED) is 0.444. The number of amidine groups is 1. The van der Waals surface area contributed by atoms with Crippen LogP contribution in [0.5, 0.6) is 11.5 Å². The molecule has 18 heavy (non-hydrogen) atoms. The van der Waals surface area contributed by atoms with Gasteiger partial charge in [-0.25, -0.2) is 0 Å². The van der Waals surface area contributed by atoms with Crippen LogP contribution < -0.4 is 15.2 Å². The van der Waals surface area contributed by atoms with Crippen LogP contribution in [0.2, 0.25) is 0 Å². The van der Waals surface area contributed by atoms with E-state index >= 15 is 0 Å². The Morgan fingerprint density at radius 3 is 2.67 bits per heavy atom. The van der Waals surface area contributed by atoms with E-state index in [1.807, 2.05) is 0 Å². The highest BCUT2D eigenvalue weighted by Crippen LogP contribution is 2.24. The Kier molecular flexibility index (Phi) is 5.49. The van der Waals surface area contributed by atoms with E-state index in [-0.39, 0.29) is 5.84 Å². The summed E-state index contributed by atoms with van der Waals surface area (Å²) in [4.78, 5) is 0. The molecular formula is C14H22N2O2. The van der Waals surface area contributed by atoms with E-state index in [1.165, 1.54) is 0 Å². The summed E-state index contributed by atoms with van der Waals surface area (Å²) in [6, 6.07) is 5.29. The maximum atomic E-state index is 7.51. The first-order valence-corrected chi connectivity index (χ1v) is 6.19. The minimum atomic E-state index is 0.0107. The third kappa shape index (κ3) is 4.28. The first kappa shape index (κ1) is 14.4. The molecule has 4 heteroatoms. The molecule has 1 aromatic carbocycles. The number of nitrogens with one attached hydrogen (secondary N) is 1. The van der Waals surface area contributed by atoms with Crippen LogP contribution in [0.25, 0.3) is 0 Å².